The van der Waals surface area contributed by atoms with Crippen molar-refractivity contribution in [3.8, 4) is 0 Å². The van der Waals surface area contributed by atoms with E-state index in [1.54, 1.807) is 6.42 Å². The molecule has 5 unspecified atom stereocenters. The van der Waals surface area contributed by atoms with Gasteiger partial charge in [-0.1, -0.05) is 6.42 Å². The maximum atomic E-state index is 3.95. The van der Waals surface area contributed by atoms with Crippen molar-refractivity contribution in [1.82, 2.24) is 10.6 Å². The number of nitrogens with one attached hydrogen (secondary N) is 2. The molecule has 1 saturated heterocycles. The Kier molecular flexibility index (Phi) is 3.72. The van der Waals surface area contributed by atoms with Gasteiger partial charge in [-0.05, 0) is 76.3 Å². The van der Waals surface area contributed by atoms with Crippen LogP contribution in [0.15, 0.2) is 0 Å². The van der Waals surface area contributed by atoms with Crippen LogP contribution in [0.4, 0.5) is 0 Å². The van der Waals surface area contributed by atoms with Crippen molar-refractivity contribution >= 4 is 0 Å². The summed E-state index contributed by atoms with van der Waals surface area (Å²) in [6, 6.07) is 1.53. The minimum Gasteiger partial charge on any atom is -0.317 e. The predicted octanol–water partition coefficient (Wildman–Crippen LogP) is 2.54. The van der Waals surface area contributed by atoms with Gasteiger partial charge in [0, 0.05) is 12.1 Å². The van der Waals surface area contributed by atoms with Gasteiger partial charge in [-0.2, -0.15) is 0 Å². The first-order chi connectivity index (χ1) is 8.33. The third-order valence-corrected chi connectivity index (χ3v) is 5.51. The van der Waals surface area contributed by atoms with Crippen molar-refractivity contribution in [2.45, 2.75) is 64.0 Å². The molecular formula is C15H28N2. The summed E-state index contributed by atoms with van der Waals surface area (Å²) in [5.41, 5.74) is 0. The molecule has 98 valence electrons. The van der Waals surface area contributed by atoms with Crippen molar-refractivity contribution in [1.29, 1.82) is 0 Å². The second-order valence-electron chi connectivity index (χ2n) is 6.67. The van der Waals surface area contributed by atoms with Gasteiger partial charge in [-0.3, -0.25) is 0 Å². The topological polar surface area (TPSA) is 24.1 Å². The monoisotopic (exact) mass is 236 g/mol. The summed E-state index contributed by atoms with van der Waals surface area (Å²) < 4.78 is 0. The van der Waals surface area contributed by atoms with E-state index in [2.05, 4.69) is 17.6 Å². The Morgan fingerprint density at radius 1 is 1.06 bits per heavy atom. The molecule has 0 radical (unpaired) electrons. The summed E-state index contributed by atoms with van der Waals surface area (Å²) in [5.74, 6) is 3.14. The maximum absolute atomic E-state index is 3.95. The maximum Gasteiger partial charge on any atom is 0.00822 e. The van der Waals surface area contributed by atoms with E-state index >= 15 is 0 Å². The van der Waals surface area contributed by atoms with E-state index in [9.17, 15) is 0 Å². The average molecular weight is 236 g/mol. The molecule has 0 spiro atoms. The minimum absolute atomic E-state index is 0.758. The van der Waals surface area contributed by atoms with Crippen molar-refractivity contribution in [3.63, 3.8) is 0 Å². The summed E-state index contributed by atoms with van der Waals surface area (Å²) >= 11 is 0. The highest BCUT2D eigenvalue weighted by Gasteiger charge is 2.41. The van der Waals surface area contributed by atoms with Crippen molar-refractivity contribution in [2.75, 3.05) is 13.1 Å². The lowest BCUT2D eigenvalue weighted by atomic mass is 9.83. The third-order valence-electron chi connectivity index (χ3n) is 5.51. The Morgan fingerprint density at radius 2 is 2.00 bits per heavy atom. The van der Waals surface area contributed by atoms with Crippen molar-refractivity contribution in [2.24, 2.45) is 17.8 Å². The van der Waals surface area contributed by atoms with Crippen LogP contribution in [-0.4, -0.2) is 25.2 Å². The first-order valence-electron chi connectivity index (χ1n) is 7.79. The Morgan fingerprint density at radius 3 is 2.76 bits per heavy atom. The van der Waals surface area contributed by atoms with Crippen LogP contribution in [0.1, 0.15) is 51.9 Å². The van der Waals surface area contributed by atoms with Crippen LogP contribution in [0.3, 0.4) is 0 Å². The highest BCUT2D eigenvalue weighted by Crippen LogP contribution is 2.49. The standard InChI is InChI=1S/C15H28N2/c1-11(15-10-12-4-5-13(15)9-12)17-14-3-2-7-16-8-6-14/h11-17H,2-10H2,1H3. The highest BCUT2D eigenvalue weighted by molar-refractivity contribution is 4.94. The zero-order chi connectivity index (χ0) is 11.7. The summed E-state index contributed by atoms with van der Waals surface area (Å²) in [5, 5.41) is 7.45. The second-order valence-corrected chi connectivity index (χ2v) is 6.67. The summed E-state index contributed by atoms with van der Waals surface area (Å²) in [7, 11) is 0. The summed E-state index contributed by atoms with van der Waals surface area (Å²) in [6.07, 6.45) is 10.2. The fourth-order valence-electron chi connectivity index (χ4n) is 4.59. The molecule has 2 N–H and O–H groups in total. The molecular weight excluding hydrogens is 208 g/mol. The van der Waals surface area contributed by atoms with Gasteiger partial charge >= 0.3 is 0 Å². The molecule has 3 rings (SSSR count). The predicted molar refractivity (Wildman–Crippen MR) is 72.0 cm³/mol. The lowest BCUT2D eigenvalue weighted by Crippen LogP contribution is -2.42. The van der Waals surface area contributed by atoms with Crippen LogP contribution >= 0.6 is 0 Å². The van der Waals surface area contributed by atoms with E-state index in [4.69, 9.17) is 0 Å². The molecule has 17 heavy (non-hydrogen) atoms. The molecule has 3 fully saturated rings. The van der Waals surface area contributed by atoms with Crippen LogP contribution in [0.2, 0.25) is 0 Å². The van der Waals surface area contributed by atoms with E-state index in [0.29, 0.717) is 0 Å². The largest absolute Gasteiger partial charge is 0.317 e. The Labute approximate surface area is 106 Å². The van der Waals surface area contributed by atoms with Crippen LogP contribution in [0.5, 0.6) is 0 Å². The zero-order valence-corrected chi connectivity index (χ0v) is 11.3. The number of rotatable bonds is 3. The fourth-order valence-corrected chi connectivity index (χ4v) is 4.59. The average Bonchev–Trinajstić information content (AvgIpc) is 2.87. The van der Waals surface area contributed by atoms with E-state index in [1.165, 1.54) is 51.6 Å². The molecule has 0 aromatic rings. The van der Waals surface area contributed by atoms with Gasteiger partial charge in [0.2, 0.25) is 0 Å². The van der Waals surface area contributed by atoms with E-state index < -0.39 is 0 Å². The smallest absolute Gasteiger partial charge is 0.00822 e. The quantitative estimate of drug-likeness (QED) is 0.787. The minimum atomic E-state index is 0.758. The van der Waals surface area contributed by atoms with Gasteiger partial charge < -0.3 is 10.6 Å². The number of hydrogen-bond donors (Lipinski definition) is 2. The Hall–Kier alpha value is -0.0800. The molecule has 3 aliphatic rings. The molecule has 2 saturated carbocycles. The van der Waals surface area contributed by atoms with E-state index in [-0.39, 0.29) is 0 Å². The zero-order valence-electron chi connectivity index (χ0n) is 11.3. The second kappa shape index (κ2) is 5.27. The molecule has 2 aliphatic carbocycles. The van der Waals surface area contributed by atoms with Gasteiger partial charge in [0.1, 0.15) is 0 Å². The molecule has 2 heteroatoms. The lowest BCUT2D eigenvalue weighted by molar-refractivity contribution is 0.240. The molecule has 1 heterocycles. The van der Waals surface area contributed by atoms with Gasteiger partial charge in [0.25, 0.3) is 0 Å². The number of hydrogen-bond acceptors (Lipinski definition) is 2. The van der Waals surface area contributed by atoms with Gasteiger partial charge in [0.05, 0.1) is 0 Å². The molecule has 0 amide bonds. The van der Waals surface area contributed by atoms with Gasteiger partial charge in [0.15, 0.2) is 0 Å². The van der Waals surface area contributed by atoms with Crippen LogP contribution in [0, 0.1) is 17.8 Å². The highest BCUT2D eigenvalue weighted by atomic mass is 15.0. The third kappa shape index (κ3) is 2.68. The van der Waals surface area contributed by atoms with Crippen molar-refractivity contribution in [3.05, 3.63) is 0 Å². The molecule has 2 bridgehead atoms. The molecule has 1 aliphatic heterocycles. The SMILES string of the molecule is CC(NC1CCCNCC1)C1CC2CCC1C2. The molecule has 2 nitrogen and oxygen atoms in total. The fraction of sp³-hybridized carbons (Fsp3) is 1.00. The van der Waals surface area contributed by atoms with Crippen LogP contribution in [0.25, 0.3) is 0 Å². The van der Waals surface area contributed by atoms with Crippen molar-refractivity contribution < 1.29 is 0 Å². The first kappa shape index (κ1) is 12.0. The Balaban J connectivity index is 1.50. The van der Waals surface area contributed by atoms with E-state index in [1.807, 2.05) is 0 Å². The molecule has 0 aromatic carbocycles. The Bertz CT molecular complexity index is 245. The van der Waals surface area contributed by atoms with E-state index in [0.717, 1.165) is 29.8 Å². The lowest BCUT2D eigenvalue weighted by Gasteiger charge is -2.31. The van der Waals surface area contributed by atoms with Gasteiger partial charge in [-0.15, -0.1) is 0 Å². The molecule has 5 atom stereocenters. The first-order valence-corrected chi connectivity index (χ1v) is 7.79. The van der Waals surface area contributed by atoms with Gasteiger partial charge in [-0.25, -0.2) is 0 Å². The number of fused-ring (bicyclic) bond motifs is 2. The summed E-state index contributed by atoms with van der Waals surface area (Å²) in [4.78, 5) is 0. The van der Waals surface area contributed by atoms with Crippen LogP contribution in [-0.2, 0) is 0 Å². The normalized spacial score (nSPS) is 43.6. The molecule has 0 aromatic heterocycles. The summed E-state index contributed by atoms with van der Waals surface area (Å²) in [6.45, 7) is 4.88. The van der Waals surface area contributed by atoms with Crippen LogP contribution < -0.4 is 10.6 Å².